The predicted octanol–water partition coefficient (Wildman–Crippen LogP) is 1.89. The Bertz CT molecular complexity index is 727. The number of carbonyl (C=O) groups is 1. The first kappa shape index (κ1) is 17.6. The highest BCUT2D eigenvalue weighted by Crippen LogP contribution is 2.26. The van der Waals surface area contributed by atoms with Crippen LogP contribution in [0.25, 0.3) is 11.4 Å². The summed E-state index contributed by atoms with van der Waals surface area (Å²) in [4.78, 5) is 19.7. The summed E-state index contributed by atoms with van der Waals surface area (Å²) in [6.45, 7) is 4.42. The second kappa shape index (κ2) is 7.80. The minimum atomic E-state index is -0.226. The zero-order valence-corrected chi connectivity index (χ0v) is 14.9. The Labute approximate surface area is 148 Å². The van der Waals surface area contributed by atoms with E-state index in [1.165, 1.54) is 0 Å². The van der Waals surface area contributed by atoms with Gasteiger partial charge in [0.15, 0.2) is 5.69 Å². The van der Waals surface area contributed by atoms with Gasteiger partial charge in [-0.3, -0.25) is 9.69 Å². The maximum Gasteiger partial charge on any atom is 0.272 e. The summed E-state index contributed by atoms with van der Waals surface area (Å²) in [5.74, 6) is 0.638. The molecule has 0 bridgehead atoms. The van der Waals surface area contributed by atoms with Gasteiger partial charge < -0.3 is 15.0 Å². The molecule has 1 aliphatic heterocycles. The standard InChI is InChI=1S/C19H26N4O2/c1-3-7-15(13-24)20-19(25)17-16-12-22(2)10-11-23(16)18(21-17)14-8-5-4-6-9-14/h4-6,8-9,15,24H,3,7,10-13H2,1-2H3,(H,20,25). The average Bonchev–Trinajstić information content (AvgIpc) is 3.00. The maximum absolute atomic E-state index is 12.8. The lowest BCUT2D eigenvalue weighted by Crippen LogP contribution is -2.39. The fourth-order valence-corrected chi connectivity index (χ4v) is 3.29. The van der Waals surface area contributed by atoms with Crippen molar-refractivity contribution in [2.24, 2.45) is 0 Å². The van der Waals surface area contributed by atoms with Crippen molar-refractivity contribution in [1.29, 1.82) is 0 Å². The molecule has 1 aromatic heterocycles. The largest absolute Gasteiger partial charge is 0.394 e. The highest BCUT2D eigenvalue weighted by Gasteiger charge is 2.27. The van der Waals surface area contributed by atoms with Gasteiger partial charge >= 0.3 is 0 Å². The van der Waals surface area contributed by atoms with E-state index in [2.05, 4.69) is 19.8 Å². The third kappa shape index (κ3) is 3.75. The second-order valence-electron chi connectivity index (χ2n) is 6.63. The Morgan fingerprint density at radius 2 is 2.08 bits per heavy atom. The van der Waals surface area contributed by atoms with E-state index in [1.807, 2.05) is 44.3 Å². The van der Waals surface area contributed by atoms with Gasteiger partial charge in [-0.25, -0.2) is 4.98 Å². The lowest BCUT2D eigenvalue weighted by Gasteiger charge is -2.26. The number of likely N-dealkylation sites (N-methyl/N-ethyl adjacent to an activating group) is 1. The number of aliphatic hydroxyl groups is 1. The first-order chi connectivity index (χ1) is 12.1. The number of fused-ring (bicyclic) bond motifs is 1. The molecule has 1 atom stereocenters. The Morgan fingerprint density at radius 1 is 1.32 bits per heavy atom. The Hall–Kier alpha value is -2.18. The molecule has 0 radical (unpaired) electrons. The van der Waals surface area contributed by atoms with Crippen molar-refractivity contribution < 1.29 is 9.90 Å². The molecule has 6 nitrogen and oxygen atoms in total. The van der Waals surface area contributed by atoms with Crippen LogP contribution in [0.2, 0.25) is 0 Å². The van der Waals surface area contributed by atoms with Crippen LogP contribution in [-0.2, 0) is 13.1 Å². The normalized spacial score (nSPS) is 15.6. The average molecular weight is 342 g/mol. The van der Waals surface area contributed by atoms with Crippen LogP contribution < -0.4 is 5.32 Å². The summed E-state index contributed by atoms with van der Waals surface area (Å²) in [5.41, 5.74) is 2.43. The van der Waals surface area contributed by atoms with Crippen LogP contribution in [-0.4, -0.2) is 51.7 Å². The van der Waals surface area contributed by atoms with Crippen LogP contribution >= 0.6 is 0 Å². The van der Waals surface area contributed by atoms with Crippen molar-refractivity contribution in [2.45, 2.75) is 38.9 Å². The van der Waals surface area contributed by atoms with Crippen LogP contribution in [0.4, 0.5) is 0 Å². The maximum atomic E-state index is 12.8. The fraction of sp³-hybridized carbons (Fsp3) is 0.474. The number of rotatable bonds is 6. The minimum absolute atomic E-state index is 0.0545. The Kier molecular flexibility index (Phi) is 5.50. The van der Waals surface area contributed by atoms with Crippen molar-refractivity contribution >= 4 is 5.91 Å². The molecule has 134 valence electrons. The number of amides is 1. The van der Waals surface area contributed by atoms with Gasteiger partial charge in [0.2, 0.25) is 0 Å². The molecule has 0 fully saturated rings. The van der Waals surface area contributed by atoms with E-state index in [-0.39, 0.29) is 18.6 Å². The van der Waals surface area contributed by atoms with E-state index in [0.29, 0.717) is 12.2 Å². The predicted molar refractivity (Wildman–Crippen MR) is 97.2 cm³/mol. The van der Waals surface area contributed by atoms with Gasteiger partial charge in [0.25, 0.3) is 5.91 Å². The molecule has 2 heterocycles. The van der Waals surface area contributed by atoms with Gasteiger partial charge in [0.1, 0.15) is 5.82 Å². The lowest BCUT2D eigenvalue weighted by molar-refractivity contribution is 0.0905. The van der Waals surface area contributed by atoms with Gasteiger partial charge in [0, 0.05) is 25.2 Å². The zero-order valence-electron chi connectivity index (χ0n) is 14.9. The SMILES string of the molecule is CCCC(CO)NC(=O)c1nc(-c2ccccc2)n2c1CN(C)CC2. The number of nitrogens with one attached hydrogen (secondary N) is 1. The molecule has 2 aromatic rings. The molecule has 0 aliphatic carbocycles. The topological polar surface area (TPSA) is 70.4 Å². The van der Waals surface area contributed by atoms with E-state index >= 15 is 0 Å². The molecule has 1 aromatic carbocycles. The molecule has 1 amide bonds. The summed E-state index contributed by atoms with van der Waals surface area (Å²) >= 11 is 0. The van der Waals surface area contributed by atoms with Gasteiger partial charge in [-0.1, -0.05) is 43.7 Å². The van der Waals surface area contributed by atoms with Crippen LogP contribution in [0.15, 0.2) is 30.3 Å². The quantitative estimate of drug-likeness (QED) is 0.841. The number of hydrogen-bond donors (Lipinski definition) is 2. The monoisotopic (exact) mass is 342 g/mol. The summed E-state index contributed by atoms with van der Waals surface area (Å²) in [5, 5.41) is 12.4. The molecular formula is C19H26N4O2. The van der Waals surface area contributed by atoms with Gasteiger partial charge in [0.05, 0.1) is 18.3 Å². The number of benzene rings is 1. The first-order valence-corrected chi connectivity index (χ1v) is 8.89. The van der Waals surface area contributed by atoms with E-state index in [1.54, 1.807) is 0 Å². The van der Waals surface area contributed by atoms with Crippen molar-refractivity contribution in [1.82, 2.24) is 19.8 Å². The lowest BCUT2D eigenvalue weighted by atomic mass is 10.1. The van der Waals surface area contributed by atoms with E-state index in [9.17, 15) is 9.90 Å². The zero-order chi connectivity index (χ0) is 17.8. The Morgan fingerprint density at radius 3 is 2.76 bits per heavy atom. The minimum Gasteiger partial charge on any atom is -0.394 e. The number of nitrogens with zero attached hydrogens (tertiary/aromatic N) is 3. The van der Waals surface area contributed by atoms with Crippen LogP contribution in [0.1, 0.15) is 35.9 Å². The van der Waals surface area contributed by atoms with Crippen molar-refractivity contribution in [3.63, 3.8) is 0 Å². The second-order valence-corrected chi connectivity index (χ2v) is 6.63. The van der Waals surface area contributed by atoms with Gasteiger partial charge in [-0.05, 0) is 13.5 Å². The molecule has 1 aliphatic rings. The number of hydrogen-bond acceptors (Lipinski definition) is 4. The van der Waals surface area contributed by atoms with Crippen molar-refractivity contribution in [3.05, 3.63) is 41.7 Å². The van der Waals surface area contributed by atoms with Gasteiger partial charge in [-0.15, -0.1) is 0 Å². The molecule has 25 heavy (non-hydrogen) atoms. The van der Waals surface area contributed by atoms with E-state index < -0.39 is 0 Å². The molecule has 0 saturated carbocycles. The Balaban J connectivity index is 1.96. The molecule has 0 saturated heterocycles. The summed E-state index contributed by atoms with van der Waals surface area (Å²) in [6, 6.07) is 9.74. The van der Waals surface area contributed by atoms with Crippen molar-refractivity contribution in [3.8, 4) is 11.4 Å². The third-order valence-electron chi connectivity index (χ3n) is 4.64. The summed E-state index contributed by atoms with van der Waals surface area (Å²) in [6.07, 6.45) is 1.66. The highest BCUT2D eigenvalue weighted by molar-refractivity contribution is 5.94. The fourth-order valence-electron chi connectivity index (χ4n) is 3.29. The van der Waals surface area contributed by atoms with E-state index in [0.717, 1.165) is 43.0 Å². The summed E-state index contributed by atoms with van der Waals surface area (Å²) < 4.78 is 2.15. The molecule has 0 spiro atoms. The number of aromatic nitrogens is 2. The summed E-state index contributed by atoms with van der Waals surface area (Å²) in [7, 11) is 2.05. The third-order valence-corrected chi connectivity index (χ3v) is 4.64. The number of imidazole rings is 1. The van der Waals surface area contributed by atoms with Gasteiger partial charge in [-0.2, -0.15) is 0 Å². The number of aliphatic hydroxyl groups excluding tert-OH is 1. The van der Waals surface area contributed by atoms with Crippen LogP contribution in [0.5, 0.6) is 0 Å². The first-order valence-electron chi connectivity index (χ1n) is 8.89. The van der Waals surface area contributed by atoms with Crippen LogP contribution in [0, 0.1) is 0 Å². The number of carbonyl (C=O) groups excluding carboxylic acids is 1. The van der Waals surface area contributed by atoms with Crippen LogP contribution in [0.3, 0.4) is 0 Å². The molecule has 6 heteroatoms. The molecule has 3 rings (SSSR count). The smallest absolute Gasteiger partial charge is 0.272 e. The highest BCUT2D eigenvalue weighted by atomic mass is 16.3. The molecular weight excluding hydrogens is 316 g/mol. The molecule has 2 N–H and O–H groups in total. The van der Waals surface area contributed by atoms with E-state index in [4.69, 9.17) is 0 Å². The molecule has 1 unspecified atom stereocenters. The van der Waals surface area contributed by atoms with Crippen molar-refractivity contribution in [2.75, 3.05) is 20.2 Å².